The summed E-state index contributed by atoms with van der Waals surface area (Å²) in [5.41, 5.74) is 6.02. The molecule has 0 unspecified atom stereocenters. The standard InChI is InChI=1S/C9H10F3N3S/c1-15(5-9(10,11)12)6-2-3-14-7(4-6)8(13)16/h2-4H,5H2,1H3,(H2,13,16). The molecule has 0 saturated heterocycles. The van der Waals surface area contributed by atoms with Gasteiger partial charge in [0.1, 0.15) is 11.5 Å². The highest BCUT2D eigenvalue weighted by atomic mass is 32.1. The average Bonchev–Trinajstić information content (AvgIpc) is 2.15. The molecule has 0 spiro atoms. The van der Waals surface area contributed by atoms with Crippen molar-refractivity contribution in [2.75, 3.05) is 18.5 Å². The molecular weight excluding hydrogens is 239 g/mol. The molecular formula is C9H10F3N3S. The predicted molar refractivity (Wildman–Crippen MR) is 59.4 cm³/mol. The smallest absolute Gasteiger partial charge is 0.388 e. The van der Waals surface area contributed by atoms with Crippen LogP contribution in [-0.2, 0) is 0 Å². The molecule has 3 nitrogen and oxygen atoms in total. The number of aromatic nitrogens is 1. The van der Waals surface area contributed by atoms with Gasteiger partial charge in [0.25, 0.3) is 0 Å². The van der Waals surface area contributed by atoms with E-state index < -0.39 is 12.7 Å². The number of anilines is 1. The topological polar surface area (TPSA) is 42.2 Å². The largest absolute Gasteiger partial charge is 0.405 e. The summed E-state index contributed by atoms with van der Waals surface area (Å²) in [5.74, 6) is 0. The van der Waals surface area contributed by atoms with Gasteiger partial charge in [-0.3, -0.25) is 4.98 Å². The third-order valence-electron chi connectivity index (χ3n) is 1.85. The summed E-state index contributed by atoms with van der Waals surface area (Å²) in [4.78, 5) is 4.96. The maximum atomic E-state index is 12.1. The van der Waals surface area contributed by atoms with E-state index >= 15 is 0 Å². The van der Waals surface area contributed by atoms with E-state index in [1.165, 1.54) is 25.4 Å². The summed E-state index contributed by atoms with van der Waals surface area (Å²) in [6, 6.07) is 2.89. The van der Waals surface area contributed by atoms with Crippen molar-refractivity contribution < 1.29 is 13.2 Å². The van der Waals surface area contributed by atoms with Crippen LogP contribution in [0.1, 0.15) is 5.69 Å². The Balaban J connectivity index is 2.87. The lowest BCUT2D eigenvalue weighted by Gasteiger charge is -2.21. The van der Waals surface area contributed by atoms with E-state index in [1.807, 2.05) is 0 Å². The SMILES string of the molecule is CN(CC(F)(F)F)c1ccnc(C(N)=S)c1. The molecule has 1 aromatic rings. The van der Waals surface area contributed by atoms with Crippen molar-refractivity contribution in [2.45, 2.75) is 6.18 Å². The maximum absolute atomic E-state index is 12.1. The third kappa shape index (κ3) is 3.65. The molecule has 0 amide bonds. The Hall–Kier alpha value is -1.37. The second kappa shape index (κ2) is 4.65. The quantitative estimate of drug-likeness (QED) is 0.828. The third-order valence-corrected chi connectivity index (χ3v) is 2.06. The molecule has 0 atom stereocenters. The molecule has 0 radical (unpaired) electrons. The van der Waals surface area contributed by atoms with E-state index in [9.17, 15) is 13.2 Å². The van der Waals surface area contributed by atoms with E-state index in [2.05, 4.69) is 4.98 Å². The van der Waals surface area contributed by atoms with E-state index in [1.54, 1.807) is 0 Å². The van der Waals surface area contributed by atoms with Gasteiger partial charge in [0, 0.05) is 18.9 Å². The highest BCUT2D eigenvalue weighted by molar-refractivity contribution is 7.80. The number of nitrogens with two attached hydrogens (primary N) is 1. The lowest BCUT2D eigenvalue weighted by atomic mass is 10.3. The van der Waals surface area contributed by atoms with Gasteiger partial charge in [-0.1, -0.05) is 12.2 Å². The van der Waals surface area contributed by atoms with Crippen LogP contribution in [0.2, 0.25) is 0 Å². The molecule has 0 saturated carbocycles. The molecule has 16 heavy (non-hydrogen) atoms. The van der Waals surface area contributed by atoms with E-state index in [0.717, 1.165) is 4.90 Å². The average molecular weight is 249 g/mol. The van der Waals surface area contributed by atoms with Crippen LogP contribution in [0.4, 0.5) is 18.9 Å². The number of rotatable bonds is 3. The van der Waals surface area contributed by atoms with Crippen molar-refractivity contribution in [2.24, 2.45) is 5.73 Å². The van der Waals surface area contributed by atoms with E-state index in [4.69, 9.17) is 18.0 Å². The van der Waals surface area contributed by atoms with Crippen molar-refractivity contribution >= 4 is 22.9 Å². The molecule has 0 aliphatic carbocycles. The zero-order valence-corrected chi connectivity index (χ0v) is 9.27. The molecule has 7 heteroatoms. The summed E-state index contributed by atoms with van der Waals surface area (Å²) in [5, 5.41) is 0. The Kier molecular flexibility index (Phi) is 3.69. The molecule has 1 heterocycles. The monoisotopic (exact) mass is 249 g/mol. The fourth-order valence-electron chi connectivity index (χ4n) is 1.15. The minimum Gasteiger partial charge on any atom is -0.388 e. The van der Waals surface area contributed by atoms with Crippen LogP contribution in [0.15, 0.2) is 18.3 Å². The number of pyridine rings is 1. The van der Waals surface area contributed by atoms with Crippen molar-refractivity contribution in [1.29, 1.82) is 0 Å². The minimum absolute atomic E-state index is 0.0576. The van der Waals surface area contributed by atoms with E-state index in [-0.39, 0.29) is 4.99 Å². The first-order valence-corrected chi connectivity index (χ1v) is 4.74. The first kappa shape index (κ1) is 12.7. The second-order valence-corrected chi connectivity index (χ2v) is 3.67. The van der Waals surface area contributed by atoms with Gasteiger partial charge < -0.3 is 10.6 Å². The molecule has 1 aromatic heterocycles. The highest BCUT2D eigenvalue weighted by Crippen LogP contribution is 2.20. The van der Waals surface area contributed by atoms with Crippen LogP contribution in [0.3, 0.4) is 0 Å². The van der Waals surface area contributed by atoms with Crippen molar-refractivity contribution in [3.8, 4) is 0 Å². The minimum atomic E-state index is -4.25. The molecule has 0 aliphatic heterocycles. The molecule has 0 bridgehead atoms. The fraction of sp³-hybridized carbons (Fsp3) is 0.333. The van der Waals surface area contributed by atoms with Gasteiger partial charge in [0.2, 0.25) is 0 Å². The molecule has 0 fully saturated rings. The van der Waals surface area contributed by atoms with Gasteiger partial charge in [0.15, 0.2) is 0 Å². The van der Waals surface area contributed by atoms with Crippen molar-refractivity contribution in [3.63, 3.8) is 0 Å². The predicted octanol–water partition coefficient (Wildman–Crippen LogP) is 1.71. The lowest BCUT2D eigenvalue weighted by molar-refractivity contribution is -0.119. The molecule has 2 N–H and O–H groups in total. The van der Waals surface area contributed by atoms with Gasteiger partial charge in [-0.05, 0) is 12.1 Å². The second-order valence-electron chi connectivity index (χ2n) is 3.23. The van der Waals surface area contributed by atoms with Gasteiger partial charge in [0.05, 0.1) is 5.69 Å². The molecule has 0 aliphatic rings. The van der Waals surface area contributed by atoms with Crippen LogP contribution in [-0.4, -0.2) is 29.7 Å². The van der Waals surface area contributed by atoms with Gasteiger partial charge >= 0.3 is 6.18 Å². The Morgan fingerprint density at radius 3 is 2.69 bits per heavy atom. The normalized spacial score (nSPS) is 11.2. The molecule has 88 valence electrons. The van der Waals surface area contributed by atoms with Gasteiger partial charge in [-0.25, -0.2) is 0 Å². The first-order chi connectivity index (χ1) is 7.29. The van der Waals surface area contributed by atoms with E-state index in [0.29, 0.717) is 11.4 Å². The van der Waals surface area contributed by atoms with Crippen LogP contribution >= 0.6 is 12.2 Å². The van der Waals surface area contributed by atoms with Gasteiger partial charge in [-0.2, -0.15) is 13.2 Å². The van der Waals surface area contributed by atoms with Gasteiger partial charge in [-0.15, -0.1) is 0 Å². The Morgan fingerprint density at radius 2 is 2.19 bits per heavy atom. The summed E-state index contributed by atoms with van der Waals surface area (Å²) in [6.45, 7) is -1.03. The summed E-state index contributed by atoms with van der Waals surface area (Å²) < 4.78 is 36.4. The molecule has 1 rings (SSSR count). The van der Waals surface area contributed by atoms with Crippen molar-refractivity contribution in [1.82, 2.24) is 4.98 Å². The first-order valence-electron chi connectivity index (χ1n) is 4.33. The zero-order chi connectivity index (χ0) is 12.3. The number of hydrogen-bond acceptors (Lipinski definition) is 3. The number of nitrogens with zero attached hydrogens (tertiary/aromatic N) is 2. The van der Waals surface area contributed by atoms with Crippen LogP contribution in [0.5, 0.6) is 0 Å². The highest BCUT2D eigenvalue weighted by Gasteiger charge is 2.29. The number of halogens is 3. The fourth-order valence-corrected chi connectivity index (χ4v) is 1.26. The summed E-state index contributed by atoms with van der Waals surface area (Å²) in [7, 11) is 1.34. The van der Waals surface area contributed by atoms with Crippen LogP contribution in [0, 0.1) is 0 Å². The number of thiocarbonyl (C=S) groups is 1. The zero-order valence-electron chi connectivity index (χ0n) is 8.45. The lowest BCUT2D eigenvalue weighted by Crippen LogP contribution is -2.31. The van der Waals surface area contributed by atoms with Crippen LogP contribution < -0.4 is 10.6 Å². The summed E-state index contributed by atoms with van der Waals surface area (Å²) in [6.07, 6.45) is -2.88. The number of hydrogen-bond donors (Lipinski definition) is 1. The maximum Gasteiger partial charge on any atom is 0.405 e. The Bertz CT molecular complexity index is 392. The Morgan fingerprint density at radius 1 is 1.56 bits per heavy atom. The van der Waals surface area contributed by atoms with Crippen molar-refractivity contribution in [3.05, 3.63) is 24.0 Å². The number of alkyl halides is 3. The summed E-state index contributed by atoms with van der Waals surface area (Å²) >= 11 is 4.69. The van der Waals surface area contributed by atoms with Crippen LogP contribution in [0.25, 0.3) is 0 Å². The Labute approximate surface area is 96.1 Å². The molecule has 0 aromatic carbocycles.